The molecule has 0 saturated heterocycles. The second-order valence-corrected chi connectivity index (χ2v) is 4.56. The normalized spacial score (nSPS) is 12.2. The third-order valence-corrected chi connectivity index (χ3v) is 2.90. The molecule has 3 heteroatoms. The number of hydrogen-bond acceptors (Lipinski definition) is 2. The summed E-state index contributed by atoms with van der Waals surface area (Å²) in [4.78, 5) is 12.1. The number of amides is 1. The molecule has 1 aromatic rings. The summed E-state index contributed by atoms with van der Waals surface area (Å²) in [6.07, 6.45) is 3.28. The van der Waals surface area contributed by atoms with Gasteiger partial charge in [0, 0.05) is 11.7 Å². The summed E-state index contributed by atoms with van der Waals surface area (Å²) in [6.45, 7) is 6.08. The number of rotatable bonds is 5. The molecule has 1 aromatic carbocycles. The van der Waals surface area contributed by atoms with Gasteiger partial charge in [-0.2, -0.15) is 0 Å². The number of nitrogen functional groups attached to an aromatic ring is 1. The van der Waals surface area contributed by atoms with E-state index in [1.807, 2.05) is 26.0 Å². The molecule has 0 fully saturated rings. The highest BCUT2D eigenvalue weighted by atomic mass is 16.1. The van der Waals surface area contributed by atoms with E-state index in [9.17, 15) is 4.79 Å². The van der Waals surface area contributed by atoms with Gasteiger partial charge in [-0.15, -0.1) is 0 Å². The molecule has 0 bridgehead atoms. The number of carbonyl (C=O) groups excluding carboxylic acids is 1. The van der Waals surface area contributed by atoms with E-state index in [0.717, 1.165) is 24.8 Å². The van der Waals surface area contributed by atoms with Crippen LogP contribution in [0.4, 0.5) is 5.69 Å². The fraction of sp³-hybridized carbons (Fsp3) is 0.500. The summed E-state index contributed by atoms with van der Waals surface area (Å²) >= 11 is 0. The Hall–Kier alpha value is -1.51. The van der Waals surface area contributed by atoms with Crippen LogP contribution < -0.4 is 11.1 Å². The highest BCUT2D eigenvalue weighted by Crippen LogP contribution is 2.16. The maximum atomic E-state index is 12.1. The fourth-order valence-corrected chi connectivity index (χ4v) is 1.88. The van der Waals surface area contributed by atoms with Crippen molar-refractivity contribution >= 4 is 11.6 Å². The van der Waals surface area contributed by atoms with Crippen LogP contribution in [0.1, 0.15) is 49.0 Å². The average molecular weight is 234 g/mol. The molecule has 3 nitrogen and oxygen atoms in total. The maximum Gasteiger partial charge on any atom is 0.253 e. The average Bonchev–Trinajstić information content (AvgIpc) is 2.26. The Morgan fingerprint density at radius 1 is 1.47 bits per heavy atom. The highest BCUT2D eigenvalue weighted by Gasteiger charge is 2.14. The van der Waals surface area contributed by atoms with Gasteiger partial charge in [0.15, 0.2) is 0 Å². The Morgan fingerprint density at radius 3 is 2.76 bits per heavy atom. The quantitative estimate of drug-likeness (QED) is 0.770. The van der Waals surface area contributed by atoms with Crippen molar-refractivity contribution in [1.29, 1.82) is 0 Å². The predicted molar refractivity (Wildman–Crippen MR) is 72.0 cm³/mol. The number of nitrogens with one attached hydrogen (secondary N) is 1. The zero-order chi connectivity index (χ0) is 12.8. The Labute approximate surface area is 103 Å². The van der Waals surface area contributed by atoms with E-state index >= 15 is 0 Å². The van der Waals surface area contributed by atoms with Crippen LogP contribution in [0.5, 0.6) is 0 Å². The molecular weight excluding hydrogens is 212 g/mol. The second kappa shape index (κ2) is 6.28. The summed E-state index contributed by atoms with van der Waals surface area (Å²) in [5.74, 6) is -0.0656. The number of nitrogens with two attached hydrogens (primary N) is 1. The van der Waals surface area contributed by atoms with E-state index in [1.165, 1.54) is 0 Å². The van der Waals surface area contributed by atoms with E-state index in [0.29, 0.717) is 11.3 Å². The first kappa shape index (κ1) is 13.6. The van der Waals surface area contributed by atoms with E-state index in [2.05, 4.69) is 12.2 Å². The van der Waals surface area contributed by atoms with Crippen molar-refractivity contribution in [2.75, 3.05) is 5.73 Å². The summed E-state index contributed by atoms with van der Waals surface area (Å²) in [5.41, 5.74) is 7.91. The van der Waals surface area contributed by atoms with Gasteiger partial charge in [-0.05, 0) is 31.9 Å². The maximum absolute atomic E-state index is 12.1. The first-order valence-corrected chi connectivity index (χ1v) is 6.22. The van der Waals surface area contributed by atoms with E-state index in [-0.39, 0.29) is 11.9 Å². The van der Waals surface area contributed by atoms with Crippen LogP contribution >= 0.6 is 0 Å². The van der Waals surface area contributed by atoms with Gasteiger partial charge in [-0.3, -0.25) is 4.79 Å². The summed E-state index contributed by atoms with van der Waals surface area (Å²) in [7, 11) is 0. The largest absolute Gasteiger partial charge is 0.398 e. The lowest BCUT2D eigenvalue weighted by Gasteiger charge is -2.15. The van der Waals surface area contributed by atoms with Crippen LogP contribution in [-0.4, -0.2) is 11.9 Å². The Morgan fingerprint density at radius 2 is 2.18 bits per heavy atom. The van der Waals surface area contributed by atoms with Crippen LogP contribution in [0.15, 0.2) is 18.2 Å². The van der Waals surface area contributed by atoms with Crippen LogP contribution in [0, 0.1) is 6.92 Å². The summed E-state index contributed by atoms with van der Waals surface area (Å²) in [6, 6.07) is 5.73. The number of carbonyl (C=O) groups is 1. The Kier molecular flexibility index (Phi) is 5.01. The Balaban J connectivity index is 2.70. The van der Waals surface area contributed by atoms with Gasteiger partial charge in [0.25, 0.3) is 5.91 Å². The van der Waals surface area contributed by atoms with Crippen LogP contribution in [0.25, 0.3) is 0 Å². The van der Waals surface area contributed by atoms with Crippen molar-refractivity contribution in [3.8, 4) is 0 Å². The van der Waals surface area contributed by atoms with E-state index < -0.39 is 0 Å². The minimum atomic E-state index is -0.0656. The summed E-state index contributed by atoms with van der Waals surface area (Å²) < 4.78 is 0. The van der Waals surface area contributed by atoms with Crippen molar-refractivity contribution in [2.24, 2.45) is 0 Å². The number of hydrogen-bond donors (Lipinski definition) is 2. The number of unbranched alkanes of at least 4 members (excludes halogenated alkanes) is 1. The molecule has 94 valence electrons. The van der Waals surface area contributed by atoms with Crippen LogP contribution in [0.2, 0.25) is 0 Å². The molecule has 0 saturated carbocycles. The van der Waals surface area contributed by atoms with E-state index in [4.69, 9.17) is 5.73 Å². The molecule has 1 amide bonds. The van der Waals surface area contributed by atoms with Gasteiger partial charge in [0.2, 0.25) is 0 Å². The molecule has 1 atom stereocenters. The van der Waals surface area contributed by atoms with Crippen molar-refractivity contribution in [2.45, 2.75) is 46.1 Å². The number of aryl methyl sites for hydroxylation is 1. The smallest absolute Gasteiger partial charge is 0.253 e. The lowest BCUT2D eigenvalue weighted by Crippen LogP contribution is -2.33. The van der Waals surface area contributed by atoms with Gasteiger partial charge in [-0.25, -0.2) is 0 Å². The zero-order valence-electron chi connectivity index (χ0n) is 10.9. The van der Waals surface area contributed by atoms with Crippen LogP contribution in [0.3, 0.4) is 0 Å². The second-order valence-electron chi connectivity index (χ2n) is 4.56. The lowest BCUT2D eigenvalue weighted by molar-refractivity contribution is 0.0938. The van der Waals surface area contributed by atoms with Crippen molar-refractivity contribution in [1.82, 2.24) is 5.32 Å². The third kappa shape index (κ3) is 3.77. The molecule has 0 spiro atoms. The first-order chi connectivity index (χ1) is 8.06. The predicted octanol–water partition coefficient (Wildman–Crippen LogP) is 2.89. The van der Waals surface area contributed by atoms with E-state index in [1.54, 1.807) is 6.07 Å². The first-order valence-electron chi connectivity index (χ1n) is 6.22. The number of anilines is 1. The monoisotopic (exact) mass is 234 g/mol. The summed E-state index contributed by atoms with van der Waals surface area (Å²) in [5, 5.41) is 2.99. The molecule has 0 radical (unpaired) electrons. The molecule has 0 heterocycles. The van der Waals surface area contributed by atoms with Crippen molar-refractivity contribution in [3.05, 3.63) is 29.3 Å². The Bertz CT molecular complexity index is 368. The topological polar surface area (TPSA) is 55.1 Å². The van der Waals surface area contributed by atoms with Gasteiger partial charge >= 0.3 is 0 Å². The molecule has 1 rings (SSSR count). The van der Waals surface area contributed by atoms with Crippen molar-refractivity contribution in [3.63, 3.8) is 0 Å². The molecular formula is C14H22N2O. The van der Waals surface area contributed by atoms with Crippen molar-refractivity contribution < 1.29 is 4.79 Å². The molecule has 0 aromatic heterocycles. The standard InChI is InChI=1S/C14H22N2O/c1-4-5-8-11(3)16-14(17)13-10(2)7-6-9-12(13)15/h6-7,9,11H,4-5,8,15H2,1-3H3,(H,16,17). The lowest BCUT2D eigenvalue weighted by atomic mass is 10.0. The number of benzene rings is 1. The van der Waals surface area contributed by atoms with Gasteiger partial charge in [0.1, 0.15) is 0 Å². The van der Waals surface area contributed by atoms with Gasteiger partial charge in [-0.1, -0.05) is 31.9 Å². The SMILES string of the molecule is CCCCC(C)NC(=O)c1c(C)cccc1N. The zero-order valence-corrected chi connectivity index (χ0v) is 10.9. The molecule has 0 aliphatic carbocycles. The molecule has 3 N–H and O–H groups in total. The molecule has 17 heavy (non-hydrogen) atoms. The highest BCUT2D eigenvalue weighted by molar-refractivity contribution is 6.00. The molecule has 0 aliphatic rings. The minimum absolute atomic E-state index is 0.0656. The minimum Gasteiger partial charge on any atom is -0.398 e. The molecule has 1 unspecified atom stereocenters. The molecule has 0 aliphatic heterocycles. The van der Waals surface area contributed by atoms with Crippen LogP contribution in [-0.2, 0) is 0 Å². The van der Waals surface area contributed by atoms with Gasteiger partial charge < -0.3 is 11.1 Å². The third-order valence-electron chi connectivity index (χ3n) is 2.90. The van der Waals surface area contributed by atoms with Gasteiger partial charge in [0.05, 0.1) is 5.56 Å². The fourth-order valence-electron chi connectivity index (χ4n) is 1.88.